The highest BCUT2D eigenvalue weighted by atomic mass is 16.2. The Hall–Kier alpha value is -2.89. The molecule has 1 fully saturated rings. The number of hydrogen-bond acceptors (Lipinski definition) is 4. The summed E-state index contributed by atoms with van der Waals surface area (Å²) >= 11 is 0. The average molecular weight is 338 g/mol. The minimum atomic E-state index is -0.297. The van der Waals surface area contributed by atoms with E-state index in [1.165, 1.54) is 0 Å². The molecule has 0 aliphatic carbocycles. The molecule has 1 saturated heterocycles. The first-order valence-electron chi connectivity index (χ1n) is 8.42. The van der Waals surface area contributed by atoms with Crippen LogP contribution in [0, 0.1) is 12.8 Å². The molecule has 2 heterocycles. The van der Waals surface area contributed by atoms with Gasteiger partial charge in [-0.25, -0.2) is 0 Å². The zero-order valence-electron chi connectivity index (χ0n) is 14.2. The Bertz CT molecular complexity index is 731. The van der Waals surface area contributed by atoms with Gasteiger partial charge in [-0.1, -0.05) is 17.7 Å². The average Bonchev–Trinajstić information content (AvgIpc) is 3.02. The molecular weight excluding hydrogens is 316 g/mol. The maximum atomic E-state index is 12.3. The maximum Gasteiger partial charge on any atom is 0.227 e. The van der Waals surface area contributed by atoms with E-state index in [4.69, 9.17) is 0 Å². The van der Waals surface area contributed by atoms with E-state index in [2.05, 4.69) is 15.6 Å². The number of nitrogens with zero attached hydrogens (tertiary/aromatic N) is 2. The van der Waals surface area contributed by atoms with Gasteiger partial charge in [-0.3, -0.25) is 14.6 Å². The third-order valence-corrected chi connectivity index (χ3v) is 4.28. The standard InChI is InChI=1S/C19H22N4O2/c1-14-2-4-17(5-3-14)23-13-15(12-18(23)24)19(25)22-11-10-21-16-6-8-20-9-7-16/h2-9,15H,10-13H2,1H3,(H,20,21)(H,22,25). The molecule has 0 spiro atoms. The van der Waals surface area contributed by atoms with Crippen LogP contribution in [0.2, 0.25) is 0 Å². The van der Waals surface area contributed by atoms with Gasteiger partial charge in [0.1, 0.15) is 0 Å². The topological polar surface area (TPSA) is 74.3 Å². The summed E-state index contributed by atoms with van der Waals surface area (Å²) in [5.41, 5.74) is 2.96. The SMILES string of the molecule is Cc1ccc(N2CC(C(=O)NCCNc3ccncc3)CC2=O)cc1. The lowest BCUT2D eigenvalue weighted by Crippen LogP contribution is -2.35. The second-order valence-electron chi connectivity index (χ2n) is 6.19. The van der Waals surface area contributed by atoms with E-state index in [1.807, 2.05) is 43.3 Å². The number of nitrogens with one attached hydrogen (secondary N) is 2. The highest BCUT2D eigenvalue weighted by molar-refractivity contribution is 6.00. The smallest absolute Gasteiger partial charge is 0.227 e. The van der Waals surface area contributed by atoms with Gasteiger partial charge in [0.15, 0.2) is 0 Å². The van der Waals surface area contributed by atoms with Crippen LogP contribution in [0.4, 0.5) is 11.4 Å². The summed E-state index contributed by atoms with van der Waals surface area (Å²) in [6.07, 6.45) is 3.69. The molecule has 1 atom stereocenters. The molecule has 6 heteroatoms. The highest BCUT2D eigenvalue weighted by Gasteiger charge is 2.34. The van der Waals surface area contributed by atoms with Crippen molar-refractivity contribution in [2.45, 2.75) is 13.3 Å². The molecule has 130 valence electrons. The van der Waals surface area contributed by atoms with Crippen LogP contribution in [0.1, 0.15) is 12.0 Å². The van der Waals surface area contributed by atoms with E-state index in [0.717, 1.165) is 16.9 Å². The minimum absolute atomic E-state index is 0.00101. The van der Waals surface area contributed by atoms with Crippen molar-refractivity contribution in [2.24, 2.45) is 5.92 Å². The van der Waals surface area contributed by atoms with Crippen molar-refractivity contribution in [1.29, 1.82) is 0 Å². The van der Waals surface area contributed by atoms with Crippen LogP contribution in [0.15, 0.2) is 48.8 Å². The molecule has 1 aliphatic heterocycles. The van der Waals surface area contributed by atoms with E-state index >= 15 is 0 Å². The van der Waals surface area contributed by atoms with Crippen LogP contribution in [0.25, 0.3) is 0 Å². The Kier molecular flexibility index (Phi) is 5.28. The second-order valence-corrected chi connectivity index (χ2v) is 6.19. The molecule has 0 saturated carbocycles. The van der Waals surface area contributed by atoms with Gasteiger partial charge in [0.25, 0.3) is 0 Å². The van der Waals surface area contributed by atoms with E-state index in [0.29, 0.717) is 19.6 Å². The lowest BCUT2D eigenvalue weighted by atomic mass is 10.1. The van der Waals surface area contributed by atoms with E-state index in [9.17, 15) is 9.59 Å². The van der Waals surface area contributed by atoms with E-state index < -0.39 is 0 Å². The van der Waals surface area contributed by atoms with Gasteiger partial charge in [-0.05, 0) is 31.2 Å². The van der Waals surface area contributed by atoms with Crippen molar-refractivity contribution in [1.82, 2.24) is 10.3 Å². The molecule has 0 radical (unpaired) electrons. The first-order chi connectivity index (χ1) is 12.1. The number of pyridine rings is 1. The van der Waals surface area contributed by atoms with Crippen LogP contribution >= 0.6 is 0 Å². The molecule has 6 nitrogen and oxygen atoms in total. The lowest BCUT2D eigenvalue weighted by Gasteiger charge is -2.17. The van der Waals surface area contributed by atoms with Gasteiger partial charge in [0.05, 0.1) is 5.92 Å². The predicted octanol–water partition coefficient (Wildman–Crippen LogP) is 1.97. The Morgan fingerprint density at radius 3 is 2.60 bits per heavy atom. The predicted molar refractivity (Wildman–Crippen MR) is 97.4 cm³/mol. The van der Waals surface area contributed by atoms with E-state index in [-0.39, 0.29) is 24.2 Å². The van der Waals surface area contributed by atoms with Gasteiger partial charge in [-0.2, -0.15) is 0 Å². The van der Waals surface area contributed by atoms with Gasteiger partial charge in [-0.15, -0.1) is 0 Å². The Morgan fingerprint density at radius 1 is 1.16 bits per heavy atom. The third kappa shape index (κ3) is 4.35. The molecule has 1 aliphatic rings. The van der Waals surface area contributed by atoms with Crippen LogP contribution in [0.3, 0.4) is 0 Å². The van der Waals surface area contributed by atoms with Gasteiger partial charge in [0.2, 0.25) is 11.8 Å². The van der Waals surface area contributed by atoms with Crippen LogP contribution in [0.5, 0.6) is 0 Å². The molecule has 1 aromatic heterocycles. The number of benzene rings is 1. The van der Waals surface area contributed by atoms with Crippen LogP contribution in [-0.2, 0) is 9.59 Å². The number of carbonyl (C=O) groups is 2. The zero-order chi connectivity index (χ0) is 17.6. The molecule has 2 N–H and O–H groups in total. The minimum Gasteiger partial charge on any atom is -0.383 e. The Balaban J connectivity index is 1.46. The van der Waals surface area contributed by atoms with Crippen molar-refractivity contribution in [3.63, 3.8) is 0 Å². The Morgan fingerprint density at radius 2 is 1.88 bits per heavy atom. The van der Waals surface area contributed by atoms with Gasteiger partial charge >= 0.3 is 0 Å². The molecule has 3 rings (SSSR count). The van der Waals surface area contributed by atoms with Crippen LogP contribution in [-0.4, -0.2) is 36.4 Å². The number of hydrogen-bond donors (Lipinski definition) is 2. The van der Waals surface area contributed by atoms with Crippen molar-refractivity contribution in [3.8, 4) is 0 Å². The number of aromatic nitrogens is 1. The Labute approximate surface area is 147 Å². The van der Waals surface area contributed by atoms with Crippen molar-refractivity contribution >= 4 is 23.2 Å². The third-order valence-electron chi connectivity index (χ3n) is 4.28. The lowest BCUT2D eigenvalue weighted by molar-refractivity contribution is -0.126. The highest BCUT2D eigenvalue weighted by Crippen LogP contribution is 2.25. The molecule has 1 aromatic carbocycles. The summed E-state index contributed by atoms with van der Waals surface area (Å²) in [6.45, 7) is 3.58. The summed E-state index contributed by atoms with van der Waals surface area (Å²) in [6, 6.07) is 11.5. The number of carbonyl (C=O) groups excluding carboxylic acids is 2. The second kappa shape index (κ2) is 7.79. The zero-order valence-corrected chi connectivity index (χ0v) is 14.2. The normalized spacial score (nSPS) is 16.8. The van der Waals surface area contributed by atoms with Crippen molar-refractivity contribution in [3.05, 3.63) is 54.4 Å². The number of rotatable bonds is 6. The molecule has 1 unspecified atom stereocenters. The van der Waals surface area contributed by atoms with Crippen LogP contribution < -0.4 is 15.5 Å². The number of amides is 2. The summed E-state index contributed by atoms with van der Waals surface area (Å²) in [5, 5.41) is 6.11. The monoisotopic (exact) mass is 338 g/mol. The molecule has 25 heavy (non-hydrogen) atoms. The maximum absolute atomic E-state index is 12.3. The first kappa shape index (κ1) is 17.0. The van der Waals surface area contributed by atoms with Gasteiger partial charge in [0, 0.05) is 49.8 Å². The summed E-state index contributed by atoms with van der Waals surface area (Å²) < 4.78 is 0. The van der Waals surface area contributed by atoms with Crippen molar-refractivity contribution < 1.29 is 9.59 Å². The first-order valence-corrected chi connectivity index (χ1v) is 8.42. The largest absolute Gasteiger partial charge is 0.383 e. The van der Waals surface area contributed by atoms with E-state index in [1.54, 1.807) is 17.3 Å². The molecule has 0 bridgehead atoms. The molecule has 2 amide bonds. The fourth-order valence-corrected chi connectivity index (χ4v) is 2.86. The summed E-state index contributed by atoms with van der Waals surface area (Å²) in [5.74, 6) is -0.367. The molecular formula is C19H22N4O2. The van der Waals surface area contributed by atoms with Crippen molar-refractivity contribution in [2.75, 3.05) is 29.9 Å². The fraction of sp³-hybridized carbons (Fsp3) is 0.316. The fourth-order valence-electron chi connectivity index (χ4n) is 2.86. The summed E-state index contributed by atoms with van der Waals surface area (Å²) in [4.78, 5) is 30.2. The summed E-state index contributed by atoms with van der Waals surface area (Å²) in [7, 11) is 0. The van der Waals surface area contributed by atoms with Gasteiger partial charge < -0.3 is 15.5 Å². The number of anilines is 2. The number of aryl methyl sites for hydroxylation is 1. The quantitative estimate of drug-likeness (QED) is 0.790. The molecule has 2 aromatic rings.